The van der Waals surface area contributed by atoms with Crippen molar-refractivity contribution >= 4 is 11.5 Å². The Morgan fingerprint density at radius 1 is 1.35 bits per heavy atom. The summed E-state index contributed by atoms with van der Waals surface area (Å²) in [6, 6.07) is 2.08. The van der Waals surface area contributed by atoms with Crippen molar-refractivity contribution in [1.82, 2.24) is 0 Å². The summed E-state index contributed by atoms with van der Waals surface area (Å²) in [6.45, 7) is 0.181. The molecule has 2 rings (SSSR count). The van der Waals surface area contributed by atoms with Gasteiger partial charge in [-0.2, -0.15) is 0 Å². The maximum absolute atomic E-state index is 14.0. The van der Waals surface area contributed by atoms with Crippen LogP contribution in [0.4, 0.5) is 14.5 Å². The van der Waals surface area contributed by atoms with E-state index in [0.29, 0.717) is 12.8 Å². The summed E-state index contributed by atoms with van der Waals surface area (Å²) in [7, 11) is 1.55. The van der Waals surface area contributed by atoms with Gasteiger partial charge in [0.1, 0.15) is 23.2 Å². The van der Waals surface area contributed by atoms with Crippen LogP contribution in [0, 0.1) is 17.0 Å². The topological polar surface area (TPSA) is 73.3 Å². The number of halogens is 2. The second-order valence-electron chi connectivity index (χ2n) is 5.49. The van der Waals surface area contributed by atoms with E-state index < -0.39 is 17.2 Å². The fourth-order valence-electron chi connectivity index (χ4n) is 2.80. The van der Waals surface area contributed by atoms with Crippen molar-refractivity contribution < 1.29 is 13.9 Å². The van der Waals surface area contributed by atoms with Gasteiger partial charge in [-0.3, -0.25) is 5.41 Å². The number of nitrogens with one attached hydrogen (secondary N) is 1. The zero-order valence-corrected chi connectivity index (χ0v) is 11.4. The summed E-state index contributed by atoms with van der Waals surface area (Å²) in [6.07, 6.45) is 3.15. The van der Waals surface area contributed by atoms with Crippen molar-refractivity contribution in [1.29, 1.82) is 5.41 Å². The van der Waals surface area contributed by atoms with Gasteiger partial charge >= 0.3 is 0 Å². The quantitative estimate of drug-likeness (QED) is 0.584. The van der Waals surface area contributed by atoms with Crippen LogP contribution in [0.2, 0.25) is 0 Å². The average Bonchev–Trinajstić information content (AvgIpc) is 2.74. The van der Waals surface area contributed by atoms with Crippen LogP contribution in [-0.4, -0.2) is 30.1 Å². The van der Waals surface area contributed by atoms with Crippen LogP contribution < -0.4 is 10.6 Å². The van der Waals surface area contributed by atoms with Crippen LogP contribution in [0.25, 0.3) is 0 Å². The van der Waals surface area contributed by atoms with E-state index in [1.807, 2.05) is 0 Å². The van der Waals surface area contributed by atoms with Gasteiger partial charge in [0.2, 0.25) is 0 Å². The average molecular weight is 283 g/mol. The Kier molecular flexibility index (Phi) is 3.94. The molecule has 0 radical (unpaired) electrons. The van der Waals surface area contributed by atoms with Gasteiger partial charge < -0.3 is 15.7 Å². The number of anilines is 1. The highest BCUT2D eigenvalue weighted by molar-refractivity contribution is 5.95. The second-order valence-corrected chi connectivity index (χ2v) is 5.49. The van der Waals surface area contributed by atoms with E-state index in [4.69, 9.17) is 11.1 Å². The lowest BCUT2D eigenvalue weighted by molar-refractivity contribution is 0.0557. The van der Waals surface area contributed by atoms with Crippen molar-refractivity contribution in [2.75, 3.05) is 18.5 Å². The zero-order valence-electron chi connectivity index (χ0n) is 11.4. The normalized spacial score (nSPS) is 17.2. The molecule has 20 heavy (non-hydrogen) atoms. The third-order valence-electron chi connectivity index (χ3n) is 3.78. The summed E-state index contributed by atoms with van der Waals surface area (Å²) >= 11 is 0. The molecular weight excluding hydrogens is 264 g/mol. The number of amidine groups is 1. The van der Waals surface area contributed by atoms with Crippen molar-refractivity contribution in [3.05, 3.63) is 29.3 Å². The number of likely N-dealkylation sites (N-methyl/N-ethyl adjacent to an activating group) is 1. The van der Waals surface area contributed by atoms with Crippen LogP contribution in [0.15, 0.2) is 12.1 Å². The standard InChI is InChI=1S/C14H19F2N3O/c1-19(8-14(20)4-2-3-5-14)12-10(15)6-9(13(17)18)7-11(12)16/h6-7,20H,2-5,8H2,1H3,(H3,17,18). The van der Waals surface area contributed by atoms with Crippen molar-refractivity contribution in [2.45, 2.75) is 31.3 Å². The molecule has 0 atom stereocenters. The van der Waals surface area contributed by atoms with E-state index in [2.05, 4.69) is 0 Å². The summed E-state index contributed by atoms with van der Waals surface area (Å²) in [5.74, 6) is -1.94. The maximum atomic E-state index is 14.0. The first kappa shape index (κ1) is 14.7. The van der Waals surface area contributed by atoms with Crippen LogP contribution in [0.3, 0.4) is 0 Å². The molecule has 0 saturated heterocycles. The fraction of sp³-hybridized carbons (Fsp3) is 0.500. The largest absolute Gasteiger partial charge is 0.388 e. The molecular formula is C14H19F2N3O. The Labute approximate surface area is 116 Å². The van der Waals surface area contributed by atoms with E-state index in [9.17, 15) is 13.9 Å². The lowest BCUT2D eigenvalue weighted by atomic mass is 10.0. The Morgan fingerprint density at radius 3 is 2.30 bits per heavy atom. The third kappa shape index (κ3) is 2.90. The summed E-state index contributed by atoms with van der Waals surface area (Å²) in [5, 5.41) is 17.5. The minimum Gasteiger partial charge on any atom is -0.388 e. The Bertz CT molecular complexity index is 504. The molecule has 4 N–H and O–H groups in total. The zero-order chi connectivity index (χ0) is 14.9. The monoisotopic (exact) mass is 283 g/mol. The van der Waals surface area contributed by atoms with Gasteiger partial charge in [-0.05, 0) is 25.0 Å². The highest BCUT2D eigenvalue weighted by Gasteiger charge is 2.33. The number of benzene rings is 1. The molecule has 110 valence electrons. The highest BCUT2D eigenvalue weighted by atomic mass is 19.1. The molecule has 0 aliphatic heterocycles. The molecule has 1 aromatic rings. The Hall–Kier alpha value is -1.69. The van der Waals surface area contributed by atoms with Crippen LogP contribution in [0.1, 0.15) is 31.2 Å². The van der Waals surface area contributed by atoms with Crippen LogP contribution >= 0.6 is 0 Å². The van der Waals surface area contributed by atoms with E-state index in [1.54, 1.807) is 7.05 Å². The molecule has 0 amide bonds. The van der Waals surface area contributed by atoms with Gasteiger partial charge in [0, 0.05) is 19.2 Å². The summed E-state index contributed by atoms with van der Waals surface area (Å²) in [5.41, 5.74) is 4.16. The molecule has 1 aliphatic carbocycles. The number of nitrogen functional groups attached to an aromatic ring is 1. The first-order valence-electron chi connectivity index (χ1n) is 6.59. The molecule has 0 bridgehead atoms. The van der Waals surface area contributed by atoms with Gasteiger partial charge in [0.25, 0.3) is 0 Å². The molecule has 0 heterocycles. The lowest BCUT2D eigenvalue weighted by Gasteiger charge is -2.30. The van der Waals surface area contributed by atoms with E-state index in [0.717, 1.165) is 25.0 Å². The van der Waals surface area contributed by atoms with E-state index in [1.165, 1.54) is 4.90 Å². The van der Waals surface area contributed by atoms with Gasteiger partial charge in [-0.1, -0.05) is 12.8 Å². The number of nitrogens with zero attached hydrogens (tertiary/aromatic N) is 1. The molecule has 1 aliphatic rings. The second kappa shape index (κ2) is 5.36. The van der Waals surface area contributed by atoms with Crippen molar-refractivity contribution in [2.24, 2.45) is 5.73 Å². The highest BCUT2D eigenvalue weighted by Crippen LogP contribution is 2.32. The first-order chi connectivity index (χ1) is 9.32. The summed E-state index contributed by atoms with van der Waals surface area (Å²) < 4.78 is 28.0. The molecule has 6 heteroatoms. The van der Waals surface area contributed by atoms with Gasteiger partial charge in [-0.15, -0.1) is 0 Å². The smallest absolute Gasteiger partial charge is 0.150 e. The van der Waals surface area contributed by atoms with E-state index in [-0.39, 0.29) is 23.6 Å². The molecule has 1 saturated carbocycles. The van der Waals surface area contributed by atoms with Gasteiger partial charge in [0.15, 0.2) is 0 Å². The van der Waals surface area contributed by atoms with E-state index >= 15 is 0 Å². The minimum atomic E-state index is -0.882. The number of rotatable bonds is 4. The number of hydrogen-bond donors (Lipinski definition) is 3. The SMILES string of the molecule is CN(CC1(O)CCCC1)c1c(F)cc(C(=N)N)cc1F. The number of aliphatic hydroxyl groups is 1. The fourth-order valence-corrected chi connectivity index (χ4v) is 2.80. The molecule has 1 fully saturated rings. The Morgan fingerprint density at radius 2 is 1.85 bits per heavy atom. The Balaban J connectivity index is 2.25. The maximum Gasteiger partial charge on any atom is 0.150 e. The van der Waals surface area contributed by atoms with Gasteiger partial charge in [0.05, 0.1) is 5.60 Å². The predicted molar refractivity (Wildman–Crippen MR) is 74.1 cm³/mol. The number of nitrogens with two attached hydrogens (primary N) is 1. The van der Waals surface area contributed by atoms with Crippen molar-refractivity contribution in [3.63, 3.8) is 0 Å². The first-order valence-corrected chi connectivity index (χ1v) is 6.59. The third-order valence-corrected chi connectivity index (χ3v) is 3.78. The molecule has 0 unspecified atom stereocenters. The molecule has 4 nitrogen and oxygen atoms in total. The van der Waals surface area contributed by atoms with Crippen molar-refractivity contribution in [3.8, 4) is 0 Å². The van der Waals surface area contributed by atoms with Gasteiger partial charge in [-0.25, -0.2) is 8.78 Å². The predicted octanol–water partition coefficient (Wildman–Crippen LogP) is 1.99. The minimum absolute atomic E-state index is 0.0109. The molecule has 0 spiro atoms. The lowest BCUT2D eigenvalue weighted by Crippen LogP contribution is -2.40. The van der Waals surface area contributed by atoms with Crippen LogP contribution in [0.5, 0.6) is 0 Å². The van der Waals surface area contributed by atoms with Crippen LogP contribution in [-0.2, 0) is 0 Å². The molecule has 0 aromatic heterocycles. The molecule has 1 aromatic carbocycles. The summed E-state index contributed by atoms with van der Waals surface area (Å²) in [4.78, 5) is 1.39. The number of hydrogen-bond acceptors (Lipinski definition) is 3.